The third-order valence-electron chi connectivity index (χ3n) is 2.86. The number of carbonyl (C=O) groups excluding carboxylic acids is 1. The Labute approximate surface area is 132 Å². The second-order valence-corrected chi connectivity index (χ2v) is 5.84. The maximum atomic E-state index is 12.0. The minimum Gasteiger partial charge on any atom is -0.462 e. The molecule has 4 nitrogen and oxygen atoms in total. The number of nitrogen functional groups attached to an aromatic ring is 1. The Balaban J connectivity index is 2.14. The Hall–Kier alpha value is -1.72. The van der Waals surface area contributed by atoms with E-state index in [1.165, 1.54) is 4.88 Å². The van der Waals surface area contributed by atoms with Gasteiger partial charge in [0.15, 0.2) is 0 Å². The number of anilines is 2. The molecule has 0 fully saturated rings. The summed E-state index contributed by atoms with van der Waals surface area (Å²) in [4.78, 5) is 13.3. The topological polar surface area (TPSA) is 64.3 Å². The van der Waals surface area contributed by atoms with Crippen molar-refractivity contribution in [2.45, 2.75) is 13.3 Å². The molecule has 0 atom stereocenters. The number of thiophene rings is 1. The first-order valence-electron chi connectivity index (χ1n) is 6.64. The van der Waals surface area contributed by atoms with E-state index in [1.54, 1.807) is 30.4 Å². The van der Waals surface area contributed by atoms with E-state index in [2.05, 4.69) is 11.4 Å². The predicted molar refractivity (Wildman–Crippen MR) is 88.3 cm³/mol. The average molecular weight is 325 g/mol. The molecule has 21 heavy (non-hydrogen) atoms. The van der Waals surface area contributed by atoms with E-state index in [4.69, 9.17) is 22.1 Å². The Kier molecular flexibility index (Phi) is 5.47. The number of hydrogen-bond donors (Lipinski definition) is 2. The molecule has 0 aliphatic rings. The zero-order valence-corrected chi connectivity index (χ0v) is 13.3. The highest BCUT2D eigenvalue weighted by molar-refractivity contribution is 7.09. The van der Waals surface area contributed by atoms with Crippen LogP contribution in [-0.4, -0.2) is 19.1 Å². The van der Waals surface area contributed by atoms with Crippen molar-refractivity contribution in [2.75, 3.05) is 24.2 Å². The van der Waals surface area contributed by atoms with Crippen molar-refractivity contribution in [2.24, 2.45) is 0 Å². The number of nitrogens with two attached hydrogens (primary N) is 1. The van der Waals surface area contributed by atoms with E-state index in [0.29, 0.717) is 35.1 Å². The normalized spacial score (nSPS) is 10.4. The van der Waals surface area contributed by atoms with Gasteiger partial charge in [-0.1, -0.05) is 17.7 Å². The first-order valence-corrected chi connectivity index (χ1v) is 7.90. The van der Waals surface area contributed by atoms with Gasteiger partial charge >= 0.3 is 5.97 Å². The molecule has 6 heteroatoms. The van der Waals surface area contributed by atoms with Gasteiger partial charge in [-0.05, 0) is 36.9 Å². The summed E-state index contributed by atoms with van der Waals surface area (Å²) in [5.41, 5.74) is 7.13. The van der Waals surface area contributed by atoms with Crippen LogP contribution in [0.1, 0.15) is 22.2 Å². The molecule has 2 rings (SSSR count). The maximum Gasteiger partial charge on any atom is 0.340 e. The van der Waals surface area contributed by atoms with Gasteiger partial charge in [0, 0.05) is 17.1 Å². The minimum absolute atomic E-state index is 0.305. The van der Waals surface area contributed by atoms with E-state index in [0.717, 1.165) is 6.42 Å². The number of benzene rings is 1. The zero-order valence-electron chi connectivity index (χ0n) is 11.7. The van der Waals surface area contributed by atoms with E-state index >= 15 is 0 Å². The Morgan fingerprint density at radius 1 is 1.48 bits per heavy atom. The molecule has 0 amide bonds. The van der Waals surface area contributed by atoms with Crippen molar-refractivity contribution in [1.29, 1.82) is 0 Å². The molecule has 1 aromatic carbocycles. The Morgan fingerprint density at radius 3 is 2.95 bits per heavy atom. The molecule has 0 saturated carbocycles. The summed E-state index contributed by atoms with van der Waals surface area (Å²) in [7, 11) is 0. The first-order chi connectivity index (χ1) is 10.1. The van der Waals surface area contributed by atoms with Crippen molar-refractivity contribution in [3.05, 3.63) is 45.1 Å². The molecule has 0 aliphatic carbocycles. The third kappa shape index (κ3) is 4.12. The summed E-state index contributed by atoms with van der Waals surface area (Å²) < 4.78 is 5.04. The summed E-state index contributed by atoms with van der Waals surface area (Å²) in [5, 5.41) is 5.66. The fraction of sp³-hybridized carbons (Fsp3) is 0.267. The highest BCUT2D eigenvalue weighted by atomic mass is 35.5. The molecule has 0 bridgehead atoms. The SMILES string of the molecule is CCOC(=O)c1cc(N)cc(Cl)c1NCCc1cccs1. The van der Waals surface area contributed by atoms with Gasteiger partial charge in [-0.2, -0.15) is 0 Å². The second-order valence-electron chi connectivity index (χ2n) is 4.40. The maximum absolute atomic E-state index is 12.0. The van der Waals surface area contributed by atoms with Gasteiger partial charge in [-0.3, -0.25) is 0 Å². The number of nitrogens with one attached hydrogen (secondary N) is 1. The minimum atomic E-state index is -0.426. The van der Waals surface area contributed by atoms with Gasteiger partial charge in [0.2, 0.25) is 0 Å². The quantitative estimate of drug-likeness (QED) is 0.626. The van der Waals surface area contributed by atoms with Crippen molar-refractivity contribution >= 4 is 40.3 Å². The molecular weight excluding hydrogens is 308 g/mol. The zero-order chi connectivity index (χ0) is 15.2. The molecule has 112 valence electrons. The smallest absolute Gasteiger partial charge is 0.340 e. The molecule has 2 aromatic rings. The molecule has 0 spiro atoms. The second kappa shape index (κ2) is 7.33. The Morgan fingerprint density at radius 2 is 2.29 bits per heavy atom. The van der Waals surface area contributed by atoms with Gasteiger partial charge in [0.1, 0.15) is 0 Å². The van der Waals surface area contributed by atoms with Crippen LogP contribution >= 0.6 is 22.9 Å². The molecule has 0 aliphatic heterocycles. The van der Waals surface area contributed by atoms with Gasteiger partial charge in [0.25, 0.3) is 0 Å². The Bertz CT molecular complexity index is 614. The van der Waals surface area contributed by atoms with Crippen LogP contribution in [0.25, 0.3) is 0 Å². The van der Waals surface area contributed by atoms with Crippen molar-refractivity contribution < 1.29 is 9.53 Å². The lowest BCUT2D eigenvalue weighted by atomic mass is 10.1. The van der Waals surface area contributed by atoms with Crippen LogP contribution < -0.4 is 11.1 Å². The lowest BCUT2D eigenvalue weighted by molar-refractivity contribution is 0.0527. The number of esters is 1. The van der Waals surface area contributed by atoms with Crippen LogP contribution in [0.4, 0.5) is 11.4 Å². The first kappa shape index (κ1) is 15.7. The van der Waals surface area contributed by atoms with E-state index < -0.39 is 5.97 Å². The van der Waals surface area contributed by atoms with Crippen molar-refractivity contribution in [1.82, 2.24) is 0 Å². The number of halogens is 1. The molecule has 3 N–H and O–H groups in total. The summed E-state index contributed by atoms with van der Waals surface area (Å²) in [6, 6.07) is 7.29. The number of rotatable bonds is 6. The number of ether oxygens (including phenoxy) is 1. The largest absolute Gasteiger partial charge is 0.462 e. The van der Waals surface area contributed by atoms with Crippen LogP contribution in [0.15, 0.2) is 29.6 Å². The van der Waals surface area contributed by atoms with Crippen LogP contribution in [0, 0.1) is 0 Å². The highest BCUT2D eigenvalue weighted by Gasteiger charge is 2.16. The predicted octanol–water partition coefficient (Wildman–Crippen LogP) is 3.82. The van der Waals surface area contributed by atoms with Gasteiger partial charge in [-0.25, -0.2) is 4.79 Å². The molecule has 0 radical (unpaired) electrons. The van der Waals surface area contributed by atoms with Gasteiger partial charge in [0.05, 0.1) is 22.9 Å². The lowest BCUT2D eigenvalue weighted by Crippen LogP contribution is -2.12. The van der Waals surface area contributed by atoms with Crippen LogP contribution in [0.2, 0.25) is 5.02 Å². The summed E-state index contributed by atoms with van der Waals surface area (Å²) in [6.07, 6.45) is 0.862. The fourth-order valence-electron chi connectivity index (χ4n) is 1.94. The van der Waals surface area contributed by atoms with Gasteiger partial charge < -0.3 is 15.8 Å². The van der Waals surface area contributed by atoms with Crippen molar-refractivity contribution in [3.63, 3.8) is 0 Å². The van der Waals surface area contributed by atoms with E-state index in [9.17, 15) is 4.79 Å². The number of hydrogen-bond acceptors (Lipinski definition) is 5. The van der Waals surface area contributed by atoms with Crippen LogP contribution in [0.3, 0.4) is 0 Å². The lowest BCUT2D eigenvalue weighted by Gasteiger charge is -2.14. The average Bonchev–Trinajstić information content (AvgIpc) is 2.94. The summed E-state index contributed by atoms with van der Waals surface area (Å²) in [5.74, 6) is -0.426. The fourth-order valence-corrected chi connectivity index (χ4v) is 2.95. The third-order valence-corrected chi connectivity index (χ3v) is 4.10. The molecule has 1 aromatic heterocycles. The van der Waals surface area contributed by atoms with E-state index in [-0.39, 0.29) is 0 Å². The van der Waals surface area contributed by atoms with Crippen LogP contribution in [-0.2, 0) is 11.2 Å². The van der Waals surface area contributed by atoms with Crippen LogP contribution in [0.5, 0.6) is 0 Å². The summed E-state index contributed by atoms with van der Waals surface area (Å²) >= 11 is 7.89. The molecular formula is C15H17ClN2O2S. The molecule has 0 unspecified atom stereocenters. The standard InChI is InChI=1S/C15H17ClN2O2S/c1-2-20-15(19)12-8-10(17)9-13(16)14(12)18-6-5-11-4-3-7-21-11/h3-4,7-9,18H,2,5-6,17H2,1H3. The highest BCUT2D eigenvalue weighted by Crippen LogP contribution is 2.30. The molecule has 0 saturated heterocycles. The monoisotopic (exact) mass is 324 g/mol. The summed E-state index contributed by atoms with van der Waals surface area (Å²) in [6.45, 7) is 2.74. The number of carbonyl (C=O) groups is 1. The van der Waals surface area contributed by atoms with E-state index in [1.807, 2.05) is 11.4 Å². The molecule has 1 heterocycles. The van der Waals surface area contributed by atoms with Crippen molar-refractivity contribution in [3.8, 4) is 0 Å². The van der Waals surface area contributed by atoms with Gasteiger partial charge in [-0.15, -0.1) is 11.3 Å².